The number of carbonyl (C=O) groups is 1. The van der Waals surface area contributed by atoms with Crippen LogP contribution in [-0.2, 0) is 10.3 Å². The summed E-state index contributed by atoms with van der Waals surface area (Å²) < 4.78 is 2.22. The van der Waals surface area contributed by atoms with Gasteiger partial charge in [-0.25, -0.2) is 4.98 Å². The summed E-state index contributed by atoms with van der Waals surface area (Å²) in [4.78, 5) is 15.6. The monoisotopic (exact) mass is 306 g/mol. The molecule has 0 aliphatic heterocycles. The molecule has 0 bridgehead atoms. The number of aryl methyl sites for hydroxylation is 1. The zero-order chi connectivity index (χ0) is 15.6. The molecule has 0 spiro atoms. The standard InChI is InChI=1S/C16H22N2O2S/c1-5-16(4,6-2)18-13-8-7-11(3)9-12(13)17-15(18)21-10-14(19)20/h7-9H,5-6,10H2,1-4H3,(H,19,20). The molecule has 0 unspecified atom stereocenters. The van der Waals surface area contributed by atoms with Crippen LogP contribution >= 0.6 is 11.8 Å². The third kappa shape index (κ3) is 3.07. The van der Waals surface area contributed by atoms with Gasteiger partial charge >= 0.3 is 5.97 Å². The van der Waals surface area contributed by atoms with E-state index < -0.39 is 5.97 Å². The van der Waals surface area contributed by atoms with E-state index in [-0.39, 0.29) is 11.3 Å². The average molecular weight is 306 g/mol. The third-order valence-electron chi connectivity index (χ3n) is 4.17. The van der Waals surface area contributed by atoms with Gasteiger partial charge in [-0.15, -0.1) is 0 Å². The van der Waals surface area contributed by atoms with Crippen molar-refractivity contribution in [2.75, 3.05) is 5.75 Å². The van der Waals surface area contributed by atoms with Crippen LogP contribution in [0.25, 0.3) is 11.0 Å². The highest BCUT2D eigenvalue weighted by atomic mass is 32.2. The highest BCUT2D eigenvalue weighted by Gasteiger charge is 2.27. The minimum absolute atomic E-state index is 0.0335. The minimum atomic E-state index is -0.815. The van der Waals surface area contributed by atoms with Gasteiger partial charge in [0.05, 0.1) is 16.8 Å². The second-order valence-corrected chi connectivity index (χ2v) is 6.55. The molecule has 0 saturated carbocycles. The number of hydrogen-bond donors (Lipinski definition) is 1. The fourth-order valence-corrected chi connectivity index (χ4v) is 3.34. The van der Waals surface area contributed by atoms with Gasteiger partial charge in [-0.2, -0.15) is 0 Å². The zero-order valence-electron chi connectivity index (χ0n) is 13.0. The number of rotatable bonds is 6. The molecule has 0 fully saturated rings. The Morgan fingerprint density at radius 2 is 2.05 bits per heavy atom. The van der Waals surface area contributed by atoms with E-state index in [1.165, 1.54) is 11.8 Å². The summed E-state index contributed by atoms with van der Waals surface area (Å²) in [6.07, 6.45) is 1.95. The first-order valence-corrected chi connectivity index (χ1v) is 8.24. The Kier molecular flexibility index (Phi) is 4.61. The predicted octanol–water partition coefficient (Wildman–Crippen LogP) is 4.06. The summed E-state index contributed by atoms with van der Waals surface area (Å²) in [6.45, 7) is 8.57. The smallest absolute Gasteiger partial charge is 0.313 e. The van der Waals surface area contributed by atoms with E-state index in [1.807, 2.05) is 6.92 Å². The maximum atomic E-state index is 10.9. The van der Waals surface area contributed by atoms with Crippen LogP contribution in [0.15, 0.2) is 23.4 Å². The largest absolute Gasteiger partial charge is 0.481 e. The number of nitrogens with zero attached hydrogens (tertiary/aromatic N) is 2. The Hall–Kier alpha value is -1.49. The van der Waals surface area contributed by atoms with E-state index >= 15 is 0 Å². The molecule has 0 atom stereocenters. The number of aromatic nitrogens is 2. The molecule has 1 heterocycles. The van der Waals surface area contributed by atoms with E-state index in [0.717, 1.165) is 34.6 Å². The van der Waals surface area contributed by atoms with Gasteiger partial charge in [0.25, 0.3) is 0 Å². The maximum absolute atomic E-state index is 10.9. The Morgan fingerprint density at radius 1 is 1.38 bits per heavy atom. The van der Waals surface area contributed by atoms with E-state index in [4.69, 9.17) is 5.11 Å². The fourth-order valence-electron chi connectivity index (χ4n) is 2.48. The Balaban J connectivity index is 2.62. The molecule has 1 aromatic carbocycles. The van der Waals surface area contributed by atoms with Gasteiger partial charge in [0.1, 0.15) is 0 Å². The molecule has 0 amide bonds. The first-order chi connectivity index (χ1) is 9.91. The number of fused-ring (bicyclic) bond motifs is 1. The number of thioether (sulfide) groups is 1. The first-order valence-electron chi connectivity index (χ1n) is 7.25. The number of aliphatic carboxylic acids is 1. The van der Waals surface area contributed by atoms with Crippen LogP contribution in [0.4, 0.5) is 0 Å². The van der Waals surface area contributed by atoms with Crippen LogP contribution < -0.4 is 0 Å². The molecule has 0 aliphatic carbocycles. The first kappa shape index (κ1) is 15.9. The number of imidazole rings is 1. The second-order valence-electron chi connectivity index (χ2n) is 5.61. The molecule has 0 aliphatic rings. The lowest BCUT2D eigenvalue weighted by Crippen LogP contribution is -2.29. The Bertz CT molecular complexity index is 660. The zero-order valence-corrected chi connectivity index (χ0v) is 13.8. The summed E-state index contributed by atoms with van der Waals surface area (Å²) in [6, 6.07) is 6.23. The van der Waals surface area contributed by atoms with Crippen molar-refractivity contribution in [1.29, 1.82) is 0 Å². The fraction of sp³-hybridized carbons (Fsp3) is 0.500. The number of carboxylic acid groups (broad SMARTS) is 1. The van der Waals surface area contributed by atoms with Crippen LogP contribution in [0, 0.1) is 6.92 Å². The van der Waals surface area contributed by atoms with Crippen molar-refractivity contribution in [1.82, 2.24) is 9.55 Å². The lowest BCUT2D eigenvalue weighted by molar-refractivity contribution is -0.133. The van der Waals surface area contributed by atoms with E-state index in [0.29, 0.717) is 0 Å². The summed E-state index contributed by atoms with van der Waals surface area (Å²) in [7, 11) is 0. The summed E-state index contributed by atoms with van der Waals surface area (Å²) >= 11 is 1.30. The Morgan fingerprint density at radius 3 is 2.62 bits per heavy atom. The normalized spacial score (nSPS) is 12.0. The lowest BCUT2D eigenvalue weighted by Gasteiger charge is -2.31. The highest BCUT2D eigenvalue weighted by molar-refractivity contribution is 7.99. The lowest BCUT2D eigenvalue weighted by atomic mass is 9.95. The maximum Gasteiger partial charge on any atom is 0.313 e. The van der Waals surface area contributed by atoms with Crippen molar-refractivity contribution in [3.8, 4) is 0 Å². The van der Waals surface area contributed by atoms with Crippen molar-refractivity contribution in [3.63, 3.8) is 0 Å². The van der Waals surface area contributed by atoms with Gasteiger partial charge < -0.3 is 9.67 Å². The van der Waals surface area contributed by atoms with E-state index in [1.54, 1.807) is 0 Å². The van der Waals surface area contributed by atoms with Gasteiger partial charge in [0, 0.05) is 5.54 Å². The molecule has 1 N–H and O–H groups in total. The van der Waals surface area contributed by atoms with Crippen LogP contribution in [0.1, 0.15) is 39.2 Å². The molecule has 114 valence electrons. The highest BCUT2D eigenvalue weighted by Crippen LogP contribution is 2.35. The van der Waals surface area contributed by atoms with Gasteiger partial charge in [0.15, 0.2) is 5.16 Å². The Labute approximate surface area is 129 Å². The molecule has 0 saturated heterocycles. The van der Waals surface area contributed by atoms with Gasteiger partial charge in [0.2, 0.25) is 0 Å². The summed E-state index contributed by atoms with van der Waals surface area (Å²) in [5, 5.41) is 9.74. The van der Waals surface area contributed by atoms with Crippen LogP contribution in [0.2, 0.25) is 0 Å². The van der Waals surface area contributed by atoms with Crippen molar-refractivity contribution in [3.05, 3.63) is 23.8 Å². The summed E-state index contributed by atoms with van der Waals surface area (Å²) in [5.74, 6) is -0.782. The third-order valence-corrected chi connectivity index (χ3v) is 5.09. The molecule has 0 radical (unpaired) electrons. The van der Waals surface area contributed by atoms with Crippen LogP contribution in [-0.4, -0.2) is 26.4 Å². The topological polar surface area (TPSA) is 55.1 Å². The van der Waals surface area contributed by atoms with Gasteiger partial charge in [-0.3, -0.25) is 4.79 Å². The molecular weight excluding hydrogens is 284 g/mol. The molecule has 1 aromatic heterocycles. The second kappa shape index (κ2) is 6.10. The molecule has 4 nitrogen and oxygen atoms in total. The van der Waals surface area contributed by atoms with Crippen molar-refractivity contribution < 1.29 is 9.90 Å². The van der Waals surface area contributed by atoms with Crippen LogP contribution in [0.5, 0.6) is 0 Å². The van der Waals surface area contributed by atoms with Gasteiger partial charge in [-0.1, -0.05) is 31.7 Å². The average Bonchev–Trinajstić information content (AvgIpc) is 2.82. The molecule has 21 heavy (non-hydrogen) atoms. The van der Waals surface area contributed by atoms with Crippen molar-refractivity contribution in [2.45, 2.75) is 51.2 Å². The van der Waals surface area contributed by atoms with E-state index in [9.17, 15) is 4.79 Å². The SMILES string of the molecule is CCC(C)(CC)n1c(SCC(=O)O)nc2cc(C)ccc21. The number of benzene rings is 1. The van der Waals surface area contributed by atoms with E-state index in [2.05, 4.69) is 48.5 Å². The van der Waals surface area contributed by atoms with Crippen LogP contribution in [0.3, 0.4) is 0 Å². The predicted molar refractivity (Wildman–Crippen MR) is 87.1 cm³/mol. The number of hydrogen-bond acceptors (Lipinski definition) is 3. The van der Waals surface area contributed by atoms with Crippen molar-refractivity contribution in [2.24, 2.45) is 0 Å². The molecule has 5 heteroatoms. The molecular formula is C16H22N2O2S. The molecule has 2 rings (SSSR count). The summed E-state index contributed by atoms with van der Waals surface area (Å²) in [5.41, 5.74) is 3.14. The number of carboxylic acids is 1. The molecule has 2 aromatic rings. The quantitative estimate of drug-likeness (QED) is 0.818. The minimum Gasteiger partial charge on any atom is -0.481 e. The van der Waals surface area contributed by atoms with Gasteiger partial charge in [-0.05, 0) is 44.4 Å². The van der Waals surface area contributed by atoms with Crippen molar-refractivity contribution >= 4 is 28.8 Å².